The fraction of sp³-hybridized carbons (Fsp3) is 0.571. The maximum atomic E-state index is 12.9. The number of nitrogens with zero attached hydrogens (tertiary/aromatic N) is 2. The monoisotopic (exact) mass is 384 g/mol. The highest BCUT2D eigenvalue weighted by molar-refractivity contribution is 6.05. The predicted molar refractivity (Wildman–Crippen MR) is 104 cm³/mol. The van der Waals surface area contributed by atoms with Crippen molar-refractivity contribution in [2.75, 3.05) is 13.1 Å². The summed E-state index contributed by atoms with van der Waals surface area (Å²) < 4.78 is 0. The average Bonchev–Trinajstić information content (AvgIpc) is 3.00. The van der Waals surface area contributed by atoms with Crippen molar-refractivity contribution in [1.29, 1.82) is 0 Å². The molecule has 3 amide bonds. The van der Waals surface area contributed by atoms with Gasteiger partial charge in [-0.2, -0.15) is 0 Å². The molecule has 0 bridgehead atoms. The van der Waals surface area contributed by atoms with E-state index < -0.39 is 6.04 Å². The van der Waals surface area contributed by atoms with Crippen LogP contribution in [0, 0.1) is 5.92 Å². The molecule has 7 nitrogen and oxygen atoms in total. The van der Waals surface area contributed by atoms with E-state index in [1.165, 1.54) is 6.42 Å². The van der Waals surface area contributed by atoms with Crippen molar-refractivity contribution in [2.24, 2.45) is 11.7 Å². The third-order valence-corrected chi connectivity index (χ3v) is 6.36. The SMILES string of the molecule is CC(N)C1CCCN(Cc2cccc3c2CN(C2CCC(=O)NC2=O)C3=O)C1. The van der Waals surface area contributed by atoms with Gasteiger partial charge in [-0.15, -0.1) is 0 Å². The standard InChI is InChI=1S/C21H28N4O3/c1-13(22)14-5-3-9-24(10-14)11-15-4-2-6-16-17(15)12-25(21(16)28)18-7-8-19(26)23-20(18)27/h2,4,6,13-14,18H,3,5,7-12,22H2,1H3,(H,23,26,27). The number of fused-ring (bicyclic) bond motifs is 1. The van der Waals surface area contributed by atoms with Gasteiger partial charge in [0.1, 0.15) is 6.04 Å². The van der Waals surface area contributed by atoms with Gasteiger partial charge in [-0.25, -0.2) is 0 Å². The molecule has 2 saturated heterocycles. The number of nitrogens with one attached hydrogen (secondary N) is 1. The summed E-state index contributed by atoms with van der Waals surface area (Å²) in [6.45, 7) is 5.32. The Balaban J connectivity index is 1.51. The van der Waals surface area contributed by atoms with Crippen molar-refractivity contribution < 1.29 is 14.4 Å². The third-order valence-electron chi connectivity index (χ3n) is 6.36. The largest absolute Gasteiger partial charge is 0.328 e. The zero-order valence-electron chi connectivity index (χ0n) is 16.3. The molecule has 3 atom stereocenters. The summed E-state index contributed by atoms with van der Waals surface area (Å²) in [6.07, 6.45) is 2.98. The van der Waals surface area contributed by atoms with Gasteiger partial charge in [-0.05, 0) is 55.8 Å². The Bertz CT molecular complexity index is 807. The zero-order chi connectivity index (χ0) is 19.8. The first-order valence-corrected chi connectivity index (χ1v) is 10.2. The quantitative estimate of drug-likeness (QED) is 0.756. The summed E-state index contributed by atoms with van der Waals surface area (Å²) in [5.41, 5.74) is 8.96. The van der Waals surface area contributed by atoms with Crippen molar-refractivity contribution >= 4 is 17.7 Å². The Morgan fingerprint density at radius 3 is 2.82 bits per heavy atom. The zero-order valence-corrected chi connectivity index (χ0v) is 16.3. The number of carbonyl (C=O) groups excluding carboxylic acids is 3. The molecule has 3 aliphatic rings. The Morgan fingerprint density at radius 1 is 1.25 bits per heavy atom. The van der Waals surface area contributed by atoms with Crippen LogP contribution < -0.4 is 11.1 Å². The molecule has 150 valence electrons. The lowest BCUT2D eigenvalue weighted by Gasteiger charge is -2.35. The number of rotatable bonds is 4. The highest BCUT2D eigenvalue weighted by Crippen LogP contribution is 2.31. The van der Waals surface area contributed by atoms with Gasteiger partial charge in [-0.3, -0.25) is 24.6 Å². The molecule has 28 heavy (non-hydrogen) atoms. The van der Waals surface area contributed by atoms with Gasteiger partial charge in [0.15, 0.2) is 0 Å². The molecule has 0 radical (unpaired) electrons. The van der Waals surface area contributed by atoms with E-state index in [9.17, 15) is 14.4 Å². The molecule has 3 aliphatic heterocycles. The number of piperidine rings is 2. The van der Waals surface area contributed by atoms with Gasteiger partial charge in [0, 0.05) is 37.7 Å². The minimum Gasteiger partial charge on any atom is -0.328 e. The van der Waals surface area contributed by atoms with Crippen LogP contribution in [0.4, 0.5) is 0 Å². The number of likely N-dealkylation sites (tertiary alicyclic amines) is 1. The Hall–Kier alpha value is -2.25. The molecule has 0 aliphatic carbocycles. The van der Waals surface area contributed by atoms with Crippen molar-refractivity contribution in [3.05, 3.63) is 34.9 Å². The summed E-state index contributed by atoms with van der Waals surface area (Å²) >= 11 is 0. The fourth-order valence-corrected chi connectivity index (χ4v) is 4.70. The fourth-order valence-electron chi connectivity index (χ4n) is 4.70. The number of amides is 3. The second-order valence-corrected chi connectivity index (χ2v) is 8.34. The molecule has 2 fully saturated rings. The van der Waals surface area contributed by atoms with Gasteiger partial charge >= 0.3 is 0 Å². The molecule has 4 rings (SSSR count). The second kappa shape index (κ2) is 7.64. The van der Waals surface area contributed by atoms with Gasteiger partial charge in [0.25, 0.3) is 5.91 Å². The van der Waals surface area contributed by atoms with Gasteiger partial charge < -0.3 is 10.6 Å². The van der Waals surface area contributed by atoms with Crippen LogP contribution in [0.15, 0.2) is 18.2 Å². The van der Waals surface area contributed by atoms with Crippen LogP contribution in [0.3, 0.4) is 0 Å². The highest BCUT2D eigenvalue weighted by atomic mass is 16.2. The lowest BCUT2D eigenvalue weighted by atomic mass is 9.91. The summed E-state index contributed by atoms with van der Waals surface area (Å²) in [5.74, 6) is -0.236. The van der Waals surface area contributed by atoms with E-state index in [2.05, 4.69) is 23.2 Å². The highest BCUT2D eigenvalue weighted by Gasteiger charge is 2.39. The summed E-state index contributed by atoms with van der Waals surface area (Å²) in [4.78, 5) is 40.7. The topological polar surface area (TPSA) is 95.7 Å². The number of hydrogen-bond donors (Lipinski definition) is 2. The number of hydrogen-bond acceptors (Lipinski definition) is 5. The molecule has 0 saturated carbocycles. The van der Waals surface area contributed by atoms with Crippen LogP contribution in [0.2, 0.25) is 0 Å². The predicted octanol–water partition coefficient (Wildman–Crippen LogP) is 1.01. The van der Waals surface area contributed by atoms with Crippen LogP contribution in [0.1, 0.15) is 54.1 Å². The van der Waals surface area contributed by atoms with Crippen molar-refractivity contribution in [3.63, 3.8) is 0 Å². The van der Waals surface area contributed by atoms with E-state index in [-0.39, 0.29) is 30.2 Å². The second-order valence-electron chi connectivity index (χ2n) is 8.34. The lowest BCUT2D eigenvalue weighted by Crippen LogP contribution is -2.52. The van der Waals surface area contributed by atoms with E-state index in [4.69, 9.17) is 5.73 Å². The molecule has 1 aromatic carbocycles. The van der Waals surface area contributed by atoms with E-state index in [1.807, 2.05) is 12.1 Å². The molecule has 0 aromatic heterocycles. The maximum Gasteiger partial charge on any atom is 0.255 e. The number of benzene rings is 1. The summed E-state index contributed by atoms with van der Waals surface area (Å²) in [7, 11) is 0. The molecule has 3 unspecified atom stereocenters. The number of carbonyl (C=O) groups is 3. The first-order chi connectivity index (χ1) is 13.4. The number of nitrogens with two attached hydrogens (primary N) is 1. The van der Waals surface area contributed by atoms with Crippen molar-refractivity contribution in [3.8, 4) is 0 Å². The molecule has 7 heteroatoms. The molecular weight excluding hydrogens is 356 g/mol. The van der Waals surface area contributed by atoms with Crippen LogP contribution in [-0.4, -0.2) is 52.7 Å². The van der Waals surface area contributed by atoms with Crippen LogP contribution in [0.5, 0.6) is 0 Å². The lowest BCUT2D eigenvalue weighted by molar-refractivity contribution is -0.136. The van der Waals surface area contributed by atoms with E-state index >= 15 is 0 Å². The first-order valence-electron chi connectivity index (χ1n) is 10.2. The van der Waals surface area contributed by atoms with Gasteiger partial charge in [0.2, 0.25) is 11.8 Å². The van der Waals surface area contributed by atoms with Gasteiger partial charge in [-0.1, -0.05) is 12.1 Å². The van der Waals surface area contributed by atoms with Crippen molar-refractivity contribution in [1.82, 2.24) is 15.1 Å². The minimum atomic E-state index is -0.567. The summed E-state index contributed by atoms with van der Waals surface area (Å²) in [6, 6.07) is 5.47. The number of imide groups is 1. The van der Waals surface area contributed by atoms with Crippen LogP contribution >= 0.6 is 0 Å². The van der Waals surface area contributed by atoms with Crippen LogP contribution in [-0.2, 0) is 22.7 Å². The van der Waals surface area contributed by atoms with Gasteiger partial charge in [0.05, 0.1) is 0 Å². The Morgan fingerprint density at radius 2 is 2.07 bits per heavy atom. The molecule has 1 aromatic rings. The first kappa shape index (κ1) is 19.1. The third kappa shape index (κ3) is 3.56. The maximum absolute atomic E-state index is 12.9. The van der Waals surface area contributed by atoms with E-state index in [1.54, 1.807) is 4.90 Å². The Kier molecular flexibility index (Phi) is 5.21. The molecule has 3 N–H and O–H groups in total. The van der Waals surface area contributed by atoms with Crippen molar-refractivity contribution in [2.45, 2.75) is 57.8 Å². The molecular formula is C21H28N4O3. The smallest absolute Gasteiger partial charge is 0.255 e. The molecule has 0 spiro atoms. The molecule has 3 heterocycles. The summed E-state index contributed by atoms with van der Waals surface area (Å²) in [5, 5.41) is 2.36. The average molecular weight is 384 g/mol. The van der Waals surface area contributed by atoms with E-state index in [0.717, 1.165) is 37.2 Å². The Labute approximate surface area is 165 Å². The minimum absolute atomic E-state index is 0.113. The van der Waals surface area contributed by atoms with Crippen LogP contribution in [0.25, 0.3) is 0 Å². The normalized spacial score (nSPS) is 26.9. The van der Waals surface area contributed by atoms with E-state index in [0.29, 0.717) is 24.4 Å².